The molecular weight excluding hydrogens is 384 g/mol. The third-order valence-electron chi connectivity index (χ3n) is 4.60. The van der Waals surface area contributed by atoms with Crippen LogP contribution in [-0.2, 0) is 16.9 Å². The van der Waals surface area contributed by atoms with E-state index in [1.54, 1.807) is 37.4 Å². The van der Waals surface area contributed by atoms with Crippen molar-refractivity contribution in [1.29, 1.82) is 0 Å². The van der Waals surface area contributed by atoms with E-state index >= 15 is 0 Å². The number of nitrogens with one attached hydrogen (secondary N) is 1. The van der Waals surface area contributed by atoms with Crippen molar-refractivity contribution in [2.75, 3.05) is 11.6 Å². The molecule has 27 heavy (non-hydrogen) atoms. The van der Waals surface area contributed by atoms with Gasteiger partial charge in [0.15, 0.2) is 9.84 Å². The topological polar surface area (TPSA) is 68.2 Å². The molecule has 0 spiro atoms. The maximum atomic E-state index is 12.6. The van der Waals surface area contributed by atoms with E-state index in [9.17, 15) is 13.2 Å². The molecule has 3 rings (SSSR count). The number of sulfone groups is 1. The van der Waals surface area contributed by atoms with Gasteiger partial charge in [0.2, 0.25) is 0 Å². The first-order chi connectivity index (χ1) is 12.6. The zero-order valence-corrected chi connectivity index (χ0v) is 17.1. The van der Waals surface area contributed by atoms with Crippen LogP contribution in [0.1, 0.15) is 24.1 Å². The molecule has 0 bridgehead atoms. The Balaban J connectivity index is 2.16. The minimum absolute atomic E-state index is 0.161. The Labute approximate surface area is 163 Å². The van der Waals surface area contributed by atoms with Crippen LogP contribution in [0, 0.1) is 6.92 Å². The molecule has 3 aromatic rings. The summed E-state index contributed by atoms with van der Waals surface area (Å²) in [5, 5.41) is 4.96. The van der Waals surface area contributed by atoms with Crippen molar-refractivity contribution in [1.82, 2.24) is 4.57 Å². The number of hydrogen-bond donors (Lipinski definition) is 1. The summed E-state index contributed by atoms with van der Waals surface area (Å²) in [7, 11) is -1.73. The molecule has 0 aliphatic heterocycles. The quantitative estimate of drug-likeness (QED) is 0.665. The molecule has 0 fully saturated rings. The van der Waals surface area contributed by atoms with Crippen molar-refractivity contribution in [3.63, 3.8) is 0 Å². The van der Waals surface area contributed by atoms with Crippen molar-refractivity contribution >= 4 is 37.9 Å². The van der Waals surface area contributed by atoms with Crippen LogP contribution in [0.25, 0.3) is 10.8 Å². The lowest BCUT2D eigenvalue weighted by atomic mass is 9.98. The molecule has 1 atom stereocenters. The number of nitrogens with zero attached hydrogens (tertiary/aromatic N) is 1. The van der Waals surface area contributed by atoms with Gasteiger partial charge in [0.25, 0.3) is 5.56 Å². The standard InChI is InChI=1S/C20H21ClN2O3S/c1-12-9-14(15-11-19(21)23(3)20(24)16(15)10-12)13(2)22-17-7-5-6-8-18(17)27(4,25)26/h5-11,13,22H,1-4H3/t13-/m1/s1. The van der Waals surface area contributed by atoms with Crippen LogP contribution in [0.5, 0.6) is 0 Å². The number of aryl methyl sites for hydroxylation is 1. The highest BCUT2D eigenvalue weighted by Crippen LogP contribution is 2.30. The summed E-state index contributed by atoms with van der Waals surface area (Å²) in [5.74, 6) is 0. The number of pyridine rings is 1. The highest BCUT2D eigenvalue weighted by atomic mass is 35.5. The lowest BCUT2D eigenvalue weighted by Gasteiger charge is -2.20. The summed E-state index contributed by atoms with van der Waals surface area (Å²) in [4.78, 5) is 12.8. The van der Waals surface area contributed by atoms with Gasteiger partial charge in [-0.2, -0.15) is 0 Å². The van der Waals surface area contributed by atoms with Crippen LogP contribution in [0.4, 0.5) is 5.69 Å². The highest BCUT2D eigenvalue weighted by molar-refractivity contribution is 7.90. The van der Waals surface area contributed by atoms with Crippen LogP contribution in [0.15, 0.2) is 52.2 Å². The molecule has 0 aliphatic rings. The average Bonchev–Trinajstić information content (AvgIpc) is 2.59. The number of benzene rings is 2. The predicted molar refractivity (Wildman–Crippen MR) is 111 cm³/mol. The molecule has 2 aromatic carbocycles. The summed E-state index contributed by atoms with van der Waals surface area (Å²) in [5.41, 5.74) is 2.19. The SMILES string of the molecule is Cc1cc([C@@H](C)Nc2ccccc2S(C)(=O)=O)c2cc(Cl)n(C)c(=O)c2c1. The van der Waals surface area contributed by atoms with E-state index in [1.165, 1.54) is 10.8 Å². The van der Waals surface area contributed by atoms with Crippen molar-refractivity contribution < 1.29 is 8.42 Å². The molecule has 1 aromatic heterocycles. The molecule has 1 N–H and O–H groups in total. The first-order valence-corrected chi connectivity index (χ1v) is 10.7. The van der Waals surface area contributed by atoms with Gasteiger partial charge in [0.1, 0.15) is 5.15 Å². The van der Waals surface area contributed by atoms with E-state index < -0.39 is 9.84 Å². The van der Waals surface area contributed by atoms with Crippen molar-refractivity contribution in [2.24, 2.45) is 7.05 Å². The lowest BCUT2D eigenvalue weighted by Crippen LogP contribution is -2.19. The third-order valence-corrected chi connectivity index (χ3v) is 6.12. The Hall–Kier alpha value is -2.31. The second-order valence-electron chi connectivity index (χ2n) is 6.78. The normalized spacial score (nSPS) is 12.9. The molecule has 7 heteroatoms. The highest BCUT2D eigenvalue weighted by Gasteiger charge is 2.18. The Bertz CT molecular complexity index is 1200. The molecule has 0 saturated carbocycles. The fraction of sp³-hybridized carbons (Fsp3) is 0.250. The molecule has 0 amide bonds. The van der Waals surface area contributed by atoms with E-state index in [1.807, 2.05) is 26.0 Å². The number of anilines is 1. The third kappa shape index (κ3) is 3.73. The largest absolute Gasteiger partial charge is 0.377 e. The van der Waals surface area contributed by atoms with E-state index in [4.69, 9.17) is 11.6 Å². The van der Waals surface area contributed by atoms with Crippen LogP contribution in [0.3, 0.4) is 0 Å². The summed E-state index contributed by atoms with van der Waals surface area (Å²) in [6.07, 6.45) is 1.18. The molecule has 1 heterocycles. The lowest BCUT2D eigenvalue weighted by molar-refractivity contribution is 0.602. The fourth-order valence-corrected chi connectivity index (χ4v) is 4.27. The molecule has 0 aliphatic carbocycles. The number of fused-ring (bicyclic) bond motifs is 1. The average molecular weight is 405 g/mol. The van der Waals surface area contributed by atoms with Crippen molar-refractivity contribution in [3.8, 4) is 0 Å². The maximum absolute atomic E-state index is 12.6. The number of halogens is 1. The number of para-hydroxylation sites is 1. The second kappa shape index (κ2) is 7.02. The van der Waals surface area contributed by atoms with E-state index in [0.717, 1.165) is 16.5 Å². The van der Waals surface area contributed by atoms with Gasteiger partial charge in [0, 0.05) is 24.7 Å². The van der Waals surface area contributed by atoms with E-state index in [0.29, 0.717) is 16.2 Å². The maximum Gasteiger partial charge on any atom is 0.259 e. The van der Waals surface area contributed by atoms with Crippen molar-refractivity contribution in [2.45, 2.75) is 24.8 Å². The van der Waals surface area contributed by atoms with E-state index in [-0.39, 0.29) is 16.5 Å². The molecule has 5 nitrogen and oxygen atoms in total. The van der Waals surface area contributed by atoms with Gasteiger partial charge < -0.3 is 9.88 Å². The van der Waals surface area contributed by atoms with E-state index in [2.05, 4.69) is 5.32 Å². The summed E-state index contributed by atoms with van der Waals surface area (Å²) in [6.45, 7) is 3.85. The smallest absolute Gasteiger partial charge is 0.259 e. The molecule has 0 saturated heterocycles. The first kappa shape index (κ1) is 19.5. The molecule has 142 valence electrons. The van der Waals surface area contributed by atoms with Crippen LogP contribution >= 0.6 is 11.6 Å². The second-order valence-corrected chi connectivity index (χ2v) is 9.15. The van der Waals surface area contributed by atoms with Crippen LogP contribution < -0.4 is 10.9 Å². The minimum Gasteiger partial charge on any atom is -0.377 e. The first-order valence-electron chi connectivity index (χ1n) is 8.45. The van der Waals surface area contributed by atoms with Gasteiger partial charge in [-0.25, -0.2) is 8.42 Å². The summed E-state index contributed by atoms with van der Waals surface area (Å²) >= 11 is 6.22. The van der Waals surface area contributed by atoms with Gasteiger partial charge in [0.05, 0.1) is 10.6 Å². The number of aromatic nitrogens is 1. The molecular formula is C20H21ClN2O3S. The van der Waals surface area contributed by atoms with Gasteiger partial charge in [-0.3, -0.25) is 4.79 Å². The number of rotatable bonds is 4. The molecule has 0 unspecified atom stereocenters. The van der Waals surface area contributed by atoms with Crippen LogP contribution in [0.2, 0.25) is 5.15 Å². The predicted octanol–water partition coefficient (Wildman–Crippen LogP) is 4.08. The fourth-order valence-electron chi connectivity index (χ4n) is 3.24. The van der Waals surface area contributed by atoms with Crippen molar-refractivity contribution in [3.05, 3.63) is 69.1 Å². The molecule has 0 radical (unpaired) electrons. The summed E-state index contributed by atoms with van der Waals surface area (Å²) in [6, 6.07) is 12.1. The Morgan fingerprint density at radius 3 is 2.44 bits per heavy atom. The number of hydrogen-bond acceptors (Lipinski definition) is 4. The van der Waals surface area contributed by atoms with Crippen LogP contribution in [-0.4, -0.2) is 19.2 Å². The zero-order valence-electron chi connectivity index (χ0n) is 15.6. The van der Waals surface area contributed by atoms with Gasteiger partial charge >= 0.3 is 0 Å². The van der Waals surface area contributed by atoms with Gasteiger partial charge in [-0.05, 0) is 54.6 Å². The monoisotopic (exact) mass is 404 g/mol. The summed E-state index contributed by atoms with van der Waals surface area (Å²) < 4.78 is 25.5. The Kier molecular flexibility index (Phi) is 5.06. The Morgan fingerprint density at radius 1 is 1.11 bits per heavy atom. The van der Waals surface area contributed by atoms with Gasteiger partial charge in [-0.15, -0.1) is 0 Å². The Morgan fingerprint density at radius 2 is 1.78 bits per heavy atom. The minimum atomic E-state index is -3.37. The van der Waals surface area contributed by atoms with Gasteiger partial charge in [-0.1, -0.05) is 29.8 Å². The zero-order chi connectivity index (χ0) is 19.9.